The minimum atomic E-state index is -0.366. The SMILES string of the molecule is CC(O)CC1CCCCN1C(=O)c1ccn[nH]1. The topological polar surface area (TPSA) is 69.2 Å². The number of likely N-dealkylation sites (tertiary alicyclic amines) is 1. The van der Waals surface area contributed by atoms with Gasteiger partial charge in [0.05, 0.1) is 6.10 Å². The first-order valence-corrected chi connectivity index (χ1v) is 6.17. The molecule has 2 atom stereocenters. The van der Waals surface area contributed by atoms with Gasteiger partial charge < -0.3 is 10.0 Å². The van der Waals surface area contributed by atoms with Crippen molar-refractivity contribution >= 4 is 5.91 Å². The molecule has 1 saturated heterocycles. The molecule has 2 unspecified atom stereocenters. The van der Waals surface area contributed by atoms with Gasteiger partial charge in [0.25, 0.3) is 5.91 Å². The first-order chi connectivity index (χ1) is 8.18. The van der Waals surface area contributed by atoms with Gasteiger partial charge in [-0.25, -0.2) is 0 Å². The summed E-state index contributed by atoms with van der Waals surface area (Å²) in [5.41, 5.74) is 0.530. The lowest BCUT2D eigenvalue weighted by Gasteiger charge is -2.36. The van der Waals surface area contributed by atoms with Crippen molar-refractivity contribution < 1.29 is 9.90 Å². The van der Waals surface area contributed by atoms with Crippen molar-refractivity contribution in [2.24, 2.45) is 0 Å². The lowest BCUT2D eigenvalue weighted by atomic mass is 9.97. The van der Waals surface area contributed by atoms with Gasteiger partial charge >= 0.3 is 0 Å². The van der Waals surface area contributed by atoms with E-state index in [1.165, 1.54) is 0 Å². The fraction of sp³-hybridized carbons (Fsp3) is 0.667. The minimum Gasteiger partial charge on any atom is -0.393 e. The van der Waals surface area contributed by atoms with Crippen molar-refractivity contribution in [3.8, 4) is 0 Å². The summed E-state index contributed by atoms with van der Waals surface area (Å²) >= 11 is 0. The molecule has 1 aromatic rings. The molecule has 2 heterocycles. The Labute approximate surface area is 101 Å². The quantitative estimate of drug-likeness (QED) is 0.829. The molecule has 1 fully saturated rings. The molecule has 94 valence electrons. The predicted octanol–water partition coefficient (Wildman–Crippen LogP) is 1.18. The van der Waals surface area contributed by atoms with Gasteiger partial charge in [0.2, 0.25) is 0 Å². The number of rotatable bonds is 3. The number of carbonyl (C=O) groups excluding carboxylic acids is 1. The number of aliphatic hydroxyl groups excluding tert-OH is 1. The van der Waals surface area contributed by atoms with Crippen molar-refractivity contribution in [2.45, 2.75) is 44.8 Å². The van der Waals surface area contributed by atoms with Crippen molar-refractivity contribution in [3.05, 3.63) is 18.0 Å². The number of piperidine rings is 1. The Balaban J connectivity index is 2.08. The van der Waals surface area contributed by atoms with Crippen LogP contribution in [0.5, 0.6) is 0 Å². The summed E-state index contributed by atoms with van der Waals surface area (Å²) in [5.74, 6) is -0.00662. The van der Waals surface area contributed by atoms with Crippen LogP contribution in [-0.4, -0.2) is 44.8 Å². The lowest BCUT2D eigenvalue weighted by Crippen LogP contribution is -2.45. The first-order valence-electron chi connectivity index (χ1n) is 6.17. The minimum absolute atomic E-state index is 0.00662. The Hall–Kier alpha value is -1.36. The zero-order chi connectivity index (χ0) is 12.3. The molecule has 0 aromatic carbocycles. The van der Waals surface area contributed by atoms with Gasteiger partial charge in [-0.3, -0.25) is 9.89 Å². The number of aliphatic hydroxyl groups is 1. The fourth-order valence-corrected chi connectivity index (χ4v) is 2.44. The molecule has 0 bridgehead atoms. The van der Waals surface area contributed by atoms with E-state index < -0.39 is 0 Å². The number of aromatic amines is 1. The van der Waals surface area contributed by atoms with Crippen molar-refractivity contribution in [2.75, 3.05) is 6.54 Å². The highest BCUT2D eigenvalue weighted by Gasteiger charge is 2.28. The van der Waals surface area contributed by atoms with Crippen LogP contribution in [0, 0.1) is 0 Å². The zero-order valence-corrected chi connectivity index (χ0v) is 10.1. The normalized spacial score (nSPS) is 22.5. The van der Waals surface area contributed by atoms with Gasteiger partial charge in [0.15, 0.2) is 0 Å². The van der Waals surface area contributed by atoms with Gasteiger partial charge in [-0.15, -0.1) is 0 Å². The van der Waals surface area contributed by atoms with Crippen LogP contribution in [0.1, 0.15) is 43.1 Å². The van der Waals surface area contributed by atoms with E-state index in [4.69, 9.17) is 0 Å². The van der Waals surface area contributed by atoms with Gasteiger partial charge in [-0.1, -0.05) is 0 Å². The molecule has 0 spiro atoms. The second-order valence-electron chi connectivity index (χ2n) is 4.70. The van der Waals surface area contributed by atoms with E-state index in [1.54, 1.807) is 19.2 Å². The number of hydrogen-bond acceptors (Lipinski definition) is 3. The van der Waals surface area contributed by atoms with E-state index >= 15 is 0 Å². The highest BCUT2D eigenvalue weighted by atomic mass is 16.3. The van der Waals surface area contributed by atoms with Gasteiger partial charge in [-0.2, -0.15) is 5.10 Å². The summed E-state index contributed by atoms with van der Waals surface area (Å²) < 4.78 is 0. The standard InChI is InChI=1S/C12H19N3O2/c1-9(16)8-10-4-2-3-7-15(10)12(17)11-5-6-13-14-11/h5-6,9-10,16H,2-4,7-8H2,1H3,(H,13,14). The number of hydrogen-bond donors (Lipinski definition) is 2. The van der Waals surface area contributed by atoms with Crippen LogP contribution in [0.2, 0.25) is 0 Å². The van der Waals surface area contributed by atoms with Crippen LogP contribution in [0.4, 0.5) is 0 Å². The molecule has 2 N–H and O–H groups in total. The van der Waals surface area contributed by atoms with Crippen LogP contribution >= 0.6 is 0 Å². The smallest absolute Gasteiger partial charge is 0.272 e. The molecule has 1 aliphatic rings. The molecule has 5 heteroatoms. The Bertz CT molecular complexity index is 362. The number of amides is 1. The Morgan fingerprint density at radius 1 is 1.71 bits per heavy atom. The lowest BCUT2D eigenvalue weighted by molar-refractivity contribution is 0.0509. The first kappa shape index (κ1) is 12.1. The van der Waals surface area contributed by atoms with E-state index in [-0.39, 0.29) is 18.1 Å². The van der Waals surface area contributed by atoms with Gasteiger partial charge in [0.1, 0.15) is 5.69 Å². The highest BCUT2D eigenvalue weighted by Crippen LogP contribution is 2.22. The van der Waals surface area contributed by atoms with Crippen LogP contribution < -0.4 is 0 Å². The molecule has 2 rings (SSSR count). The van der Waals surface area contributed by atoms with E-state index in [0.29, 0.717) is 12.1 Å². The molecule has 1 amide bonds. The summed E-state index contributed by atoms with van der Waals surface area (Å²) in [7, 11) is 0. The second-order valence-corrected chi connectivity index (χ2v) is 4.70. The molecule has 17 heavy (non-hydrogen) atoms. The maximum absolute atomic E-state index is 12.2. The van der Waals surface area contributed by atoms with Gasteiger partial charge in [-0.05, 0) is 38.7 Å². The molecular weight excluding hydrogens is 218 g/mol. The third-order valence-corrected chi connectivity index (χ3v) is 3.23. The number of carbonyl (C=O) groups is 1. The maximum Gasteiger partial charge on any atom is 0.272 e. The van der Waals surface area contributed by atoms with Crippen molar-refractivity contribution in [1.29, 1.82) is 0 Å². The Kier molecular flexibility index (Phi) is 3.78. The largest absolute Gasteiger partial charge is 0.393 e. The predicted molar refractivity (Wildman–Crippen MR) is 63.6 cm³/mol. The third-order valence-electron chi connectivity index (χ3n) is 3.23. The summed E-state index contributed by atoms with van der Waals surface area (Å²) in [6.07, 6.45) is 5.02. The Morgan fingerprint density at radius 2 is 2.53 bits per heavy atom. The zero-order valence-electron chi connectivity index (χ0n) is 10.1. The van der Waals surface area contributed by atoms with Crippen LogP contribution in [0.3, 0.4) is 0 Å². The average Bonchev–Trinajstić information content (AvgIpc) is 2.81. The highest BCUT2D eigenvalue weighted by molar-refractivity contribution is 5.92. The summed E-state index contributed by atoms with van der Waals surface area (Å²) in [6, 6.07) is 1.84. The van der Waals surface area contributed by atoms with Crippen molar-refractivity contribution in [3.63, 3.8) is 0 Å². The second kappa shape index (κ2) is 5.31. The van der Waals surface area contributed by atoms with Gasteiger partial charge in [0, 0.05) is 18.8 Å². The van der Waals surface area contributed by atoms with Crippen LogP contribution in [0.25, 0.3) is 0 Å². The van der Waals surface area contributed by atoms with E-state index in [0.717, 1.165) is 25.8 Å². The molecule has 0 aliphatic carbocycles. The van der Waals surface area contributed by atoms with E-state index in [1.807, 2.05) is 4.90 Å². The summed E-state index contributed by atoms with van der Waals surface area (Å²) in [6.45, 7) is 2.54. The molecule has 0 radical (unpaired) electrons. The van der Waals surface area contributed by atoms with Crippen LogP contribution in [-0.2, 0) is 0 Å². The number of nitrogens with zero attached hydrogens (tertiary/aromatic N) is 2. The van der Waals surface area contributed by atoms with E-state index in [2.05, 4.69) is 10.2 Å². The fourth-order valence-electron chi connectivity index (χ4n) is 2.44. The number of nitrogens with one attached hydrogen (secondary N) is 1. The monoisotopic (exact) mass is 237 g/mol. The third kappa shape index (κ3) is 2.85. The summed E-state index contributed by atoms with van der Waals surface area (Å²) in [4.78, 5) is 14.1. The number of aromatic nitrogens is 2. The molecular formula is C12H19N3O2. The molecule has 1 aliphatic heterocycles. The Morgan fingerprint density at radius 3 is 3.18 bits per heavy atom. The number of H-pyrrole nitrogens is 1. The molecule has 0 saturated carbocycles. The van der Waals surface area contributed by atoms with E-state index in [9.17, 15) is 9.90 Å². The van der Waals surface area contributed by atoms with Crippen molar-refractivity contribution in [1.82, 2.24) is 15.1 Å². The summed E-state index contributed by atoms with van der Waals surface area (Å²) in [5, 5.41) is 16.0. The molecule has 1 aromatic heterocycles. The average molecular weight is 237 g/mol. The van der Waals surface area contributed by atoms with Crippen LogP contribution in [0.15, 0.2) is 12.3 Å². The molecule has 5 nitrogen and oxygen atoms in total. The maximum atomic E-state index is 12.2.